The number of carbonyl (C=O) groups is 1. The molecule has 5 nitrogen and oxygen atoms in total. The summed E-state index contributed by atoms with van der Waals surface area (Å²) in [6.07, 6.45) is 0. The van der Waals surface area contributed by atoms with Crippen LogP contribution in [0.15, 0.2) is 57.7 Å². The van der Waals surface area contributed by atoms with Crippen molar-refractivity contribution in [2.24, 2.45) is 0 Å². The van der Waals surface area contributed by atoms with Gasteiger partial charge in [-0.15, -0.1) is 0 Å². The smallest absolute Gasteiger partial charge is 0.235 e. The summed E-state index contributed by atoms with van der Waals surface area (Å²) in [6.45, 7) is 1.42. The van der Waals surface area contributed by atoms with Crippen molar-refractivity contribution < 1.29 is 14.3 Å². The molecule has 2 N–H and O–H groups in total. The first-order chi connectivity index (χ1) is 10.6. The number of aromatic hydroxyl groups is 1. The molecule has 0 bridgehead atoms. The molecule has 0 aliphatic rings. The van der Waals surface area contributed by atoms with E-state index in [1.165, 1.54) is 6.92 Å². The zero-order chi connectivity index (χ0) is 15.7. The second-order valence-electron chi connectivity index (χ2n) is 4.86. The molecule has 0 fully saturated rings. The molecule has 0 spiro atoms. The predicted octanol–water partition coefficient (Wildman–Crippen LogP) is 3.12. The minimum atomic E-state index is -0.470. The van der Waals surface area contributed by atoms with Crippen LogP contribution in [0.5, 0.6) is 5.75 Å². The summed E-state index contributed by atoms with van der Waals surface area (Å²) in [6, 6.07) is 13.4. The van der Waals surface area contributed by atoms with Crippen molar-refractivity contribution in [3.8, 4) is 17.1 Å². The number of anilines is 1. The van der Waals surface area contributed by atoms with Crippen molar-refractivity contribution in [2.45, 2.75) is 6.92 Å². The Morgan fingerprint density at radius 1 is 1.09 bits per heavy atom. The van der Waals surface area contributed by atoms with Gasteiger partial charge in [0, 0.05) is 18.2 Å². The summed E-state index contributed by atoms with van der Waals surface area (Å²) in [7, 11) is 0. The number of carbonyl (C=O) groups excluding carboxylic acids is 1. The van der Waals surface area contributed by atoms with Crippen LogP contribution in [-0.2, 0) is 4.79 Å². The van der Waals surface area contributed by atoms with Crippen LogP contribution in [0, 0.1) is 0 Å². The molecule has 2 aromatic carbocycles. The number of hydrogen-bond acceptors (Lipinski definition) is 4. The Bertz CT molecular complexity index is 910. The van der Waals surface area contributed by atoms with Crippen molar-refractivity contribution in [2.75, 3.05) is 5.32 Å². The Balaban J connectivity index is 2.12. The third-order valence-electron chi connectivity index (χ3n) is 3.24. The molecule has 0 unspecified atom stereocenters. The van der Waals surface area contributed by atoms with Gasteiger partial charge in [0.1, 0.15) is 5.58 Å². The van der Waals surface area contributed by atoms with Gasteiger partial charge in [-0.2, -0.15) is 0 Å². The zero-order valence-corrected chi connectivity index (χ0v) is 11.8. The third-order valence-corrected chi connectivity index (χ3v) is 3.24. The van der Waals surface area contributed by atoms with E-state index in [2.05, 4.69) is 5.32 Å². The van der Waals surface area contributed by atoms with Crippen LogP contribution in [0.25, 0.3) is 22.3 Å². The number of fused-ring (bicyclic) bond motifs is 1. The lowest BCUT2D eigenvalue weighted by Gasteiger charge is -2.07. The van der Waals surface area contributed by atoms with Gasteiger partial charge in [-0.05, 0) is 36.4 Å². The number of benzene rings is 2. The molecule has 110 valence electrons. The molecule has 0 radical (unpaired) electrons. The van der Waals surface area contributed by atoms with E-state index in [1.807, 2.05) is 0 Å². The van der Waals surface area contributed by atoms with Crippen LogP contribution < -0.4 is 10.7 Å². The minimum absolute atomic E-state index is 0.109. The van der Waals surface area contributed by atoms with Gasteiger partial charge >= 0.3 is 0 Å². The highest BCUT2D eigenvalue weighted by molar-refractivity contribution is 5.89. The van der Waals surface area contributed by atoms with Crippen LogP contribution in [0.3, 0.4) is 0 Å². The van der Waals surface area contributed by atoms with Gasteiger partial charge in [0.25, 0.3) is 0 Å². The molecular formula is C17H13NO4. The molecule has 0 aliphatic carbocycles. The first-order valence-corrected chi connectivity index (χ1v) is 6.69. The minimum Gasteiger partial charge on any atom is -0.502 e. The van der Waals surface area contributed by atoms with Crippen molar-refractivity contribution in [1.82, 2.24) is 0 Å². The Hall–Kier alpha value is -3.08. The van der Waals surface area contributed by atoms with Crippen LogP contribution in [0.2, 0.25) is 0 Å². The second-order valence-corrected chi connectivity index (χ2v) is 4.86. The van der Waals surface area contributed by atoms with Gasteiger partial charge in [0.15, 0.2) is 5.76 Å². The van der Waals surface area contributed by atoms with Gasteiger partial charge in [-0.3, -0.25) is 9.59 Å². The zero-order valence-electron chi connectivity index (χ0n) is 11.8. The molecule has 0 atom stereocenters. The van der Waals surface area contributed by atoms with E-state index in [0.717, 1.165) is 0 Å². The molecule has 5 heteroatoms. The third kappa shape index (κ3) is 2.44. The lowest BCUT2D eigenvalue weighted by atomic mass is 10.1. The first-order valence-electron chi connectivity index (χ1n) is 6.69. The summed E-state index contributed by atoms with van der Waals surface area (Å²) in [4.78, 5) is 23.2. The number of para-hydroxylation sites is 1. The Morgan fingerprint density at radius 2 is 1.77 bits per heavy atom. The topological polar surface area (TPSA) is 79.5 Å². The standard InChI is InChI=1S/C17H13NO4/c1-10(19)18-12-8-6-11(7-9-12)17-16(21)15(20)13-4-2-3-5-14(13)22-17/h2-9,21H,1H3,(H,18,19). The van der Waals surface area contributed by atoms with Crippen LogP contribution in [0.1, 0.15) is 6.92 Å². The Morgan fingerprint density at radius 3 is 2.45 bits per heavy atom. The highest BCUT2D eigenvalue weighted by Crippen LogP contribution is 2.30. The van der Waals surface area contributed by atoms with Crippen molar-refractivity contribution in [3.05, 3.63) is 58.8 Å². The molecule has 0 saturated carbocycles. The Kier molecular flexibility index (Phi) is 3.39. The fourth-order valence-corrected chi connectivity index (χ4v) is 2.24. The van der Waals surface area contributed by atoms with E-state index in [4.69, 9.17) is 4.42 Å². The maximum Gasteiger partial charge on any atom is 0.235 e. The fraction of sp³-hybridized carbons (Fsp3) is 0.0588. The lowest BCUT2D eigenvalue weighted by Crippen LogP contribution is -2.05. The first kappa shape index (κ1) is 13.9. The molecule has 1 heterocycles. The highest BCUT2D eigenvalue weighted by Gasteiger charge is 2.14. The van der Waals surface area contributed by atoms with E-state index in [1.54, 1.807) is 48.5 Å². The summed E-state index contributed by atoms with van der Waals surface area (Å²) in [5, 5.41) is 13.1. The van der Waals surface area contributed by atoms with E-state index in [-0.39, 0.29) is 11.7 Å². The van der Waals surface area contributed by atoms with E-state index >= 15 is 0 Å². The molecule has 0 aliphatic heterocycles. The summed E-state index contributed by atoms with van der Waals surface area (Å²) >= 11 is 0. The van der Waals surface area contributed by atoms with Gasteiger partial charge in [-0.1, -0.05) is 12.1 Å². The highest BCUT2D eigenvalue weighted by atomic mass is 16.4. The Labute approximate surface area is 125 Å². The largest absolute Gasteiger partial charge is 0.502 e. The molecule has 22 heavy (non-hydrogen) atoms. The van der Waals surface area contributed by atoms with E-state index < -0.39 is 11.2 Å². The number of nitrogens with one attached hydrogen (secondary N) is 1. The van der Waals surface area contributed by atoms with Gasteiger partial charge in [0.2, 0.25) is 17.1 Å². The molecule has 1 amide bonds. The van der Waals surface area contributed by atoms with Crippen LogP contribution >= 0.6 is 0 Å². The van der Waals surface area contributed by atoms with Gasteiger partial charge < -0.3 is 14.8 Å². The summed E-state index contributed by atoms with van der Waals surface area (Å²) in [5.74, 6) is -0.489. The molecular weight excluding hydrogens is 282 g/mol. The van der Waals surface area contributed by atoms with E-state index in [9.17, 15) is 14.7 Å². The van der Waals surface area contributed by atoms with Crippen molar-refractivity contribution in [3.63, 3.8) is 0 Å². The average molecular weight is 295 g/mol. The number of amides is 1. The quantitative estimate of drug-likeness (QED) is 0.761. The fourth-order valence-electron chi connectivity index (χ4n) is 2.24. The monoisotopic (exact) mass is 295 g/mol. The van der Waals surface area contributed by atoms with Crippen LogP contribution in [-0.4, -0.2) is 11.0 Å². The SMILES string of the molecule is CC(=O)Nc1ccc(-c2oc3ccccc3c(=O)c2O)cc1. The molecule has 1 aromatic heterocycles. The number of rotatable bonds is 2. The van der Waals surface area contributed by atoms with Gasteiger partial charge in [-0.25, -0.2) is 0 Å². The second kappa shape index (κ2) is 5.37. The normalized spacial score (nSPS) is 10.6. The maximum atomic E-state index is 12.2. The average Bonchev–Trinajstić information content (AvgIpc) is 2.51. The lowest BCUT2D eigenvalue weighted by molar-refractivity contribution is -0.114. The molecule has 0 saturated heterocycles. The number of hydrogen-bond donors (Lipinski definition) is 2. The summed E-state index contributed by atoms with van der Waals surface area (Å²) < 4.78 is 5.64. The van der Waals surface area contributed by atoms with Crippen molar-refractivity contribution >= 4 is 22.6 Å². The molecule has 3 aromatic rings. The molecule has 3 rings (SSSR count). The van der Waals surface area contributed by atoms with E-state index in [0.29, 0.717) is 22.2 Å². The van der Waals surface area contributed by atoms with Crippen molar-refractivity contribution in [1.29, 1.82) is 0 Å². The summed E-state index contributed by atoms with van der Waals surface area (Å²) in [5.41, 5.74) is 1.11. The predicted molar refractivity (Wildman–Crippen MR) is 83.9 cm³/mol. The maximum absolute atomic E-state index is 12.2. The van der Waals surface area contributed by atoms with Crippen LogP contribution in [0.4, 0.5) is 5.69 Å². The van der Waals surface area contributed by atoms with Gasteiger partial charge in [0.05, 0.1) is 5.39 Å².